The third-order valence-electron chi connectivity index (χ3n) is 3.32. The van der Waals surface area contributed by atoms with E-state index in [1.54, 1.807) is 11.8 Å². The van der Waals surface area contributed by atoms with Gasteiger partial charge in [0.25, 0.3) is 5.56 Å². The molecule has 0 radical (unpaired) electrons. The van der Waals surface area contributed by atoms with Crippen molar-refractivity contribution in [3.63, 3.8) is 0 Å². The molecule has 0 bridgehead atoms. The average Bonchev–Trinajstić information content (AvgIpc) is 2.87. The Morgan fingerprint density at radius 3 is 3.19 bits per heavy atom. The van der Waals surface area contributed by atoms with E-state index in [1.165, 1.54) is 6.07 Å². The summed E-state index contributed by atoms with van der Waals surface area (Å²) in [5.41, 5.74) is 5.28. The molecule has 1 fully saturated rings. The van der Waals surface area contributed by atoms with Crippen LogP contribution in [0.2, 0.25) is 0 Å². The minimum atomic E-state index is -0.261. The van der Waals surface area contributed by atoms with Crippen molar-refractivity contribution in [3.05, 3.63) is 22.2 Å². The van der Waals surface area contributed by atoms with E-state index < -0.39 is 0 Å². The highest BCUT2D eigenvalue weighted by Gasteiger charge is 2.26. The van der Waals surface area contributed by atoms with Crippen LogP contribution in [0.3, 0.4) is 0 Å². The summed E-state index contributed by atoms with van der Waals surface area (Å²) in [6, 6.07) is 1.49. The highest BCUT2D eigenvalue weighted by atomic mass is 16.6. The van der Waals surface area contributed by atoms with Crippen molar-refractivity contribution in [1.29, 1.82) is 0 Å². The van der Waals surface area contributed by atoms with Crippen molar-refractivity contribution >= 4 is 11.9 Å². The molecule has 0 aromatic carbocycles. The lowest BCUT2D eigenvalue weighted by molar-refractivity contribution is 0.115. The second-order valence-corrected chi connectivity index (χ2v) is 4.95. The first kappa shape index (κ1) is 15.3. The summed E-state index contributed by atoms with van der Waals surface area (Å²) in [6.45, 7) is 4.18. The molecule has 21 heavy (non-hydrogen) atoms. The van der Waals surface area contributed by atoms with Gasteiger partial charge in [-0.3, -0.25) is 4.79 Å². The number of hydrogen-bond acceptors (Lipinski definition) is 6. The number of aromatic nitrogens is 2. The van der Waals surface area contributed by atoms with E-state index in [0.29, 0.717) is 38.5 Å². The Morgan fingerprint density at radius 2 is 2.48 bits per heavy atom. The standard InChI is InChI=1S/C13H21N5O3/c1-2-21-13(20)18-6-4-9(8-18)15-5-3-11-16-10(14)7-12(19)17-11/h7,9,15H,2-6,8H2,1H3,(H3,14,16,17,19). The average molecular weight is 295 g/mol. The molecule has 1 saturated heterocycles. The smallest absolute Gasteiger partial charge is 0.409 e. The molecule has 2 rings (SSSR count). The molecule has 0 spiro atoms. The molecule has 116 valence electrons. The van der Waals surface area contributed by atoms with Crippen molar-refractivity contribution in [1.82, 2.24) is 20.2 Å². The summed E-state index contributed by atoms with van der Waals surface area (Å²) in [4.78, 5) is 31.2. The molecular formula is C13H21N5O3. The molecular weight excluding hydrogens is 274 g/mol. The van der Waals surface area contributed by atoms with E-state index in [-0.39, 0.29) is 23.5 Å². The van der Waals surface area contributed by atoms with E-state index in [0.717, 1.165) is 6.42 Å². The fourth-order valence-electron chi connectivity index (χ4n) is 2.35. The Morgan fingerprint density at radius 1 is 1.67 bits per heavy atom. The number of hydrogen-bond donors (Lipinski definition) is 3. The number of nitrogens with zero attached hydrogens (tertiary/aromatic N) is 2. The predicted molar refractivity (Wildman–Crippen MR) is 78.0 cm³/mol. The van der Waals surface area contributed by atoms with Gasteiger partial charge >= 0.3 is 6.09 Å². The largest absolute Gasteiger partial charge is 0.450 e. The molecule has 1 aromatic rings. The maximum absolute atomic E-state index is 11.6. The highest BCUT2D eigenvalue weighted by molar-refractivity contribution is 5.68. The maximum atomic E-state index is 11.6. The SMILES string of the molecule is CCOC(=O)N1CCC(NCCc2nc(N)cc(=O)[nH]2)C1. The summed E-state index contributed by atoms with van der Waals surface area (Å²) >= 11 is 0. The number of nitrogen functional groups attached to an aromatic ring is 1. The van der Waals surface area contributed by atoms with E-state index >= 15 is 0 Å². The van der Waals surface area contributed by atoms with Gasteiger partial charge in [-0.2, -0.15) is 0 Å². The number of H-pyrrole nitrogens is 1. The molecule has 0 saturated carbocycles. The molecule has 1 aliphatic heterocycles. The number of ether oxygens (including phenoxy) is 1. The lowest BCUT2D eigenvalue weighted by Crippen LogP contribution is -2.36. The van der Waals surface area contributed by atoms with Gasteiger partial charge in [0, 0.05) is 38.2 Å². The number of aromatic amines is 1. The van der Waals surface area contributed by atoms with Crippen LogP contribution in [0.4, 0.5) is 10.6 Å². The topological polar surface area (TPSA) is 113 Å². The van der Waals surface area contributed by atoms with Crippen molar-refractivity contribution in [2.75, 3.05) is 32.0 Å². The minimum Gasteiger partial charge on any atom is -0.450 e. The van der Waals surface area contributed by atoms with Crippen LogP contribution in [0.25, 0.3) is 0 Å². The van der Waals surface area contributed by atoms with Crippen LogP contribution in [0, 0.1) is 0 Å². The van der Waals surface area contributed by atoms with Crippen LogP contribution < -0.4 is 16.6 Å². The molecule has 0 aliphatic carbocycles. The van der Waals surface area contributed by atoms with Gasteiger partial charge in [0.05, 0.1) is 6.61 Å². The first-order valence-corrected chi connectivity index (χ1v) is 7.09. The third-order valence-corrected chi connectivity index (χ3v) is 3.32. The van der Waals surface area contributed by atoms with Crippen LogP contribution >= 0.6 is 0 Å². The van der Waals surface area contributed by atoms with Gasteiger partial charge in [-0.25, -0.2) is 9.78 Å². The van der Waals surface area contributed by atoms with Crippen molar-refractivity contribution in [3.8, 4) is 0 Å². The number of carbonyl (C=O) groups is 1. The number of carbonyl (C=O) groups excluding carboxylic acids is 1. The minimum absolute atomic E-state index is 0.225. The summed E-state index contributed by atoms with van der Waals surface area (Å²) < 4.78 is 4.97. The van der Waals surface area contributed by atoms with Gasteiger partial charge in [0.1, 0.15) is 11.6 Å². The quantitative estimate of drug-likeness (QED) is 0.688. The zero-order valence-electron chi connectivity index (χ0n) is 12.1. The number of nitrogens with one attached hydrogen (secondary N) is 2. The van der Waals surface area contributed by atoms with Gasteiger partial charge in [-0.05, 0) is 13.3 Å². The van der Waals surface area contributed by atoms with E-state index in [2.05, 4.69) is 15.3 Å². The number of amides is 1. The molecule has 8 nitrogen and oxygen atoms in total. The maximum Gasteiger partial charge on any atom is 0.409 e. The van der Waals surface area contributed by atoms with Crippen LogP contribution in [-0.2, 0) is 11.2 Å². The van der Waals surface area contributed by atoms with Crippen molar-refractivity contribution < 1.29 is 9.53 Å². The molecule has 1 amide bonds. The van der Waals surface area contributed by atoms with Gasteiger partial charge in [-0.1, -0.05) is 0 Å². The van der Waals surface area contributed by atoms with Gasteiger partial charge in [-0.15, -0.1) is 0 Å². The molecule has 8 heteroatoms. The first-order valence-electron chi connectivity index (χ1n) is 7.09. The Bertz CT molecular complexity index is 545. The van der Waals surface area contributed by atoms with Crippen LogP contribution in [0.5, 0.6) is 0 Å². The number of rotatable bonds is 5. The lowest BCUT2D eigenvalue weighted by atomic mass is 10.2. The normalized spacial score (nSPS) is 18.0. The van der Waals surface area contributed by atoms with E-state index in [9.17, 15) is 9.59 Å². The van der Waals surface area contributed by atoms with Gasteiger partial charge in [0.15, 0.2) is 0 Å². The van der Waals surface area contributed by atoms with Crippen LogP contribution in [-0.4, -0.2) is 53.2 Å². The summed E-state index contributed by atoms with van der Waals surface area (Å²) in [7, 11) is 0. The van der Waals surface area contributed by atoms with Gasteiger partial charge < -0.3 is 25.7 Å². The second-order valence-electron chi connectivity index (χ2n) is 4.95. The molecule has 1 atom stereocenters. The Balaban J connectivity index is 1.74. The first-order chi connectivity index (χ1) is 10.1. The highest BCUT2D eigenvalue weighted by Crippen LogP contribution is 2.10. The summed E-state index contributed by atoms with van der Waals surface area (Å²) in [5.74, 6) is 0.788. The van der Waals surface area contributed by atoms with Crippen LogP contribution in [0.15, 0.2) is 10.9 Å². The lowest BCUT2D eigenvalue weighted by Gasteiger charge is -2.16. The van der Waals surface area contributed by atoms with Crippen LogP contribution in [0.1, 0.15) is 19.2 Å². The monoisotopic (exact) mass is 295 g/mol. The fraction of sp³-hybridized carbons (Fsp3) is 0.615. The zero-order valence-corrected chi connectivity index (χ0v) is 12.1. The molecule has 2 heterocycles. The number of likely N-dealkylation sites (tertiary alicyclic amines) is 1. The molecule has 1 unspecified atom stereocenters. The molecule has 1 aromatic heterocycles. The van der Waals surface area contributed by atoms with Crippen molar-refractivity contribution in [2.24, 2.45) is 0 Å². The van der Waals surface area contributed by atoms with E-state index in [4.69, 9.17) is 10.5 Å². The van der Waals surface area contributed by atoms with Gasteiger partial charge in [0.2, 0.25) is 0 Å². The second kappa shape index (κ2) is 7.07. The third kappa shape index (κ3) is 4.45. The fourth-order valence-corrected chi connectivity index (χ4v) is 2.35. The predicted octanol–water partition coefficient (Wildman–Crippen LogP) is -0.285. The zero-order chi connectivity index (χ0) is 15.2. The number of anilines is 1. The Kier molecular flexibility index (Phi) is 5.15. The van der Waals surface area contributed by atoms with Crippen molar-refractivity contribution in [2.45, 2.75) is 25.8 Å². The molecule has 4 N–H and O–H groups in total. The number of nitrogens with two attached hydrogens (primary N) is 1. The summed E-state index contributed by atoms with van der Waals surface area (Å²) in [5, 5.41) is 3.34. The van der Waals surface area contributed by atoms with E-state index in [1.807, 2.05) is 0 Å². The Hall–Kier alpha value is -2.09. The summed E-state index contributed by atoms with van der Waals surface area (Å²) in [6.07, 6.45) is 1.21. The molecule has 1 aliphatic rings. The Labute approximate surface area is 122 Å².